The van der Waals surface area contributed by atoms with Crippen LogP contribution < -0.4 is 5.32 Å². The number of hydrogen-bond donors (Lipinski definition) is 1. The lowest BCUT2D eigenvalue weighted by Gasteiger charge is -2.11. The summed E-state index contributed by atoms with van der Waals surface area (Å²) in [5.41, 5.74) is 3.94. The van der Waals surface area contributed by atoms with Crippen LogP contribution in [-0.2, 0) is 4.74 Å². The van der Waals surface area contributed by atoms with E-state index in [1.165, 1.54) is 0 Å². The van der Waals surface area contributed by atoms with Gasteiger partial charge in [0.15, 0.2) is 5.82 Å². The molecule has 2 aromatic heterocycles. The molecule has 2 heterocycles. The van der Waals surface area contributed by atoms with Gasteiger partial charge in [-0.05, 0) is 44.4 Å². The van der Waals surface area contributed by atoms with Gasteiger partial charge in [-0.3, -0.25) is 5.32 Å². The molecule has 0 radical (unpaired) electrons. The Hall–Kier alpha value is -2.89. The van der Waals surface area contributed by atoms with Crippen LogP contribution in [0.15, 0.2) is 30.3 Å². The minimum Gasteiger partial charge on any atom is -0.449 e. The lowest BCUT2D eigenvalue weighted by Crippen LogP contribution is -2.17. The van der Waals surface area contributed by atoms with E-state index < -0.39 is 6.09 Å². The van der Waals surface area contributed by atoms with Gasteiger partial charge in [0, 0.05) is 11.5 Å². The van der Waals surface area contributed by atoms with Crippen LogP contribution in [0.4, 0.5) is 10.6 Å². The molecule has 0 aliphatic carbocycles. The second-order valence-electron chi connectivity index (χ2n) is 6.47. The molecule has 0 bridgehead atoms. The van der Waals surface area contributed by atoms with Gasteiger partial charge in [0.2, 0.25) is 0 Å². The first-order valence-corrected chi connectivity index (χ1v) is 8.87. The summed E-state index contributed by atoms with van der Waals surface area (Å²) in [5.74, 6) is 1.21. The van der Waals surface area contributed by atoms with Crippen LogP contribution in [0.2, 0.25) is 0 Å². The average molecular weight is 352 g/mol. The number of carbonyl (C=O) groups excluding carboxylic acids is 1. The minimum absolute atomic E-state index is 0.405. The van der Waals surface area contributed by atoms with Crippen LogP contribution in [0, 0.1) is 20.8 Å². The van der Waals surface area contributed by atoms with Crippen molar-refractivity contribution in [1.29, 1.82) is 0 Å². The molecular formula is C20H24N4O2. The zero-order valence-electron chi connectivity index (χ0n) is 15.7. The van der Waals surface area contributed by atoms with Gasteiger partial charge in [-0.2, -0.15) is 9.78 Å². The summed E-state index contributed by atoms with van der Waals surface area (Å²) in [6.07, 6.45) is 1.34. The maximum Gasteiger partial charge on any atom is 0.412 e. The van der Waals surface area contributed by atoms with E-state index in [4.69, 9.17) is 9.72 Å². The van der Waals surface area contributed by atoms with Crippen LogP contribution in [-0.4, -0.2) is 27.5 Å². The number of carbonyl (C=O) groups is 1. The minimum atomic E-state index is -0.478. The predicted octanol–water partition coefficient (Wildman–Crippen LogP) is 4.69. The van der Waals surface area contributed by atoms with E-state index in [-0.39, 0.29) is 0 Å². The highest BCUT2D eigenvalue weighted by Crippen LogP contribution is 2.24. The Balaban J connectivity index is 1.96. The molecule has 0 saturated heterocycles. The van der Waals surface area contributed by atoms with Gasteiger partial charge in [-0.15, -0.1) is 0 Å². The second-order valence-corrected chi connectivity index (χ2v) is 6.47. The summed E-state index contributed by atoms with van der Waals surface area (Å²) in [5, 5.41) is 8.38. The molecule has 6 nitrogen and oxygen atoms in total. The highest BCUT2D eigenvalue weighted by atomic mass is 16.5. The SMILES string of the molecule is CCCCOC(=O)Nc1cc(C)nn1-c1cc(C)c2cccc(C)c2n1. The Morgan fingerprint density at radius 3 is 2.77 bits per heavy atom. The first-order valence-electron chi connectivity index (χ1n) is 8.87. The second kappa shape index (κ2) is 7.56. The molecule has 0 aliphatic rings. The summed E-state index contributed by atoms with van der Waals surface area (Å²) >= 11 is 0. The third-order valence-corrected chi connectivity index (χ3v) is 4.24. The Morgan fingerprint density at radius 2 is 2.00 bits per heavy atom. The molecule has 0 saturated carbocycles. The summed E-state index contributed by atoms with van der Waals surface area (Å²) in [7, 11) is 0. The number of pyridine rings is 1. The number of unbranched alkanes of at least 4 members (excludes halogenated alkanes) is 1. The maximum atomic E-state index is 12.0. The van der Waals surface area contributed by atoms with Crippen molar-refractivity contribution < 1.29 is 9.53 Å². The molecular weight excluding hydrogens is 328 g/mol. The highest BCUT2D eigenvalue weighted by molar-refractivity contribution is 5.86. The van der Waals surface area contributed by atoms with Crippen LogP contribution in [0.25, 0.3) is 16.7 Å². The molecule has 6 heteroatoms. The molecule has 0 unspecified atom stereocenters. The molecule has 0 atom stereocenters. The number of benzene rings is 1. The molecule has 1 aromatic carbocycles. The van der Waals surface area contributed by atoms with E-state index in [2.05, 4.69) is 30.3 Å². The number of nitrogens with zero attached hydrogens (tertiary/aromatic N) is 3. The zero-order valence-corrected chi connectivity index (χ0v) is 15.7. The lowest BCUT2D eigenvalue weighted by molar-refractivity contribution is 0.159. The molecule has 0 aliphatic heterocycles. The number of ether oxygens (including phenoxy) is 1. The lowest BCUT2D eigenvalue weighted by atomic mass is 10.1. The Kier molecular flexibility index (Phi) is 5.21. The Labute approximate surface area is 153 Å². The summed E-state index contributed by atoms with van der Waals surface area (Å²) < 4.78 is 6.84. The van der Waals surface area contributed by atoms with Crippen LogP contribution in [0.1, 0.15) is 36.6 Å². The number of amides is 1. The van der Waals surface area contributed by atoms with E-state index in [0.29, 0.717) is 18.2 Å². The number of aromatic nitrogens is 3. The number of nitrogens with one attached hydrogen (secondary N) is 1. The molecule has 1 amide bonds. The van der Waals surface area contributed by atoms with Gasteiger partial charge in [-0.1, -0.05) is 31.5 Å². The Bertz CT molecular complexity index is 946. The molecule has 3 rings (SSSR count). The van der Waals surface area contributed by atoms with Crippen molar-refractivity contribution >= 4 is 22.8 Å². The quantitative estimate of drug-likeness (QED) is 0.676. The van der Waals surface area contributed by atoms with E-state index in [9.17, 15) is 4.79 Å². The van der Waals surface area contributed by atoms with Gasteiger partial charge in [-0.25, -0.2) is 9.78 Å². The van der Waals surface area contributed by atoms with Crippen molar-refractivity contribution in [2.75, 3.05) is 11.9 Å². The fourth-order valence-electron chi connectivity index (χ4n) is 2.87. The number of para-hydroxylation sites is 1. The van der Waals surface area contributed by atoms with E-state index >= 15 is 0 Å². The Morgan fingerprint density at radius 1 is 1.19 bits per heavy atom. The van der Waals surface area contributed by atoms with Gasteiger partial charge >= 0.3 is 6.09 Å². The average Bonchev–Trinajstić information content (AvgIpc) is 2.96. The monoisotopic (exact) mass is 352 g/mol. The van der Waals surface area contributed by atoms with E-state index in [1.807, 2.05) is 32.0 Å². The van der Waals surface area contributed by atoms with Crippen molar-refractivity contribution in [2.24, 2.45) is 0 Å². The molecule has 26 heavy (non-hydrogen) atoms. The van der Waals surface area contributed by atoms with Crippen LogP contribution in [0.3, 0.4) is 0 Å². The van der Waals surface area contributed by atoms with Crippen LogP contribution in [0.5, 0.6) is 0 Å². The molecule has 0 fully saturated rings. The number of hydrogen-bond acceptors (Lipinski definition) is 4. The summed E-state index contributed by atoms with van der Waals surface area (Å²) in [4.78, 5) is 16.8. The maximum absolute atomic E-state index is 12.0. The smallest absolute Gasteiger partial charge is 0.412 e. The largest absolute Gasteiger partial charge is 0.449 e. The highest BCUT2D eigenvalue weighted by Gasteiger charge is 2.14. The molecule has 1 N–H and O–H groups in total. The van der Waals surface area contributed by atoms with Crippen LogP contribution >= 0.6 is 0 Å². The molecule has 3 aromatic rings. The van der Waals surface area contributed by atoms with Gasteiger partial charge in [0.25, 0.3) is 0 Å². The number of anilines is 1. The third-order valence-electron chi connectivity index (χ3n) is 4.24. The van der Waals surface area contributed by atoms with Gasteiger partial charge < -0.3 is 4.74 Å². The first kappa shape index (κ1) is 17.9. The third kappa shape index (κ3) is 3.69. The van der Waals surface area contributed by atoms with E-state index in [0.717, 1.165) is 40.6 Å². The number of fused-ring (bicyclic) bond motifs is 1. The first-order chi connectivity index (χ1) is 12.5. The standard InChI is InChI=1S/C20H24N4O2/c1-5-6-10-26-20(25)22-18-12-15(4)23-24(18)17-11-14(3)16-9-7-8-13(2)19(16)21-17/h7-9,11-12H,5-6,10H2,1-4H3,(H,22,25). The molecule has 136 valence electrons. The van der Waals surface area contributed by atoms with Crippen molar-refractivity contribution in [1.82, 2.24) is 14.8 Å². The summed E-state index contributed by atoms with van der Waals surface area (Å²) in [6.45, 7) is 8.42. The van der Waals surface area contributed by atoms with Crippen molar-refractivity contribution in [3.63, 3.8) is 0 Å². The fourth-order valence-corrected chi connectivity index (χ4v) is 2.87. The topological polar surface area (TPSA) is 69.0 Å². The van der Waals surface area contributed by atoms with Gasteiger partial charge in [0.05, 0.1) is 17.8 Å². The van der Waals surface area contributed by atoms with E-state index in [1.54, 1.807) is 10.7 Å². The van der Waals surface area contributed by atoms with Crippen molar-refractivity contribution in [2.45, 2.75) is 40.5 Å². The zero-order chi connectivity index (χ0) is 18.7. The normalized spacial score (nSPS) is 10.9. The van der Waals surface area contributed by atoms with Crippen molar-refractivity contribution in [3.05, 3.63) is 47.2 Å². The van der Waals surface area contributed by atoms with Gasteiger partial charge in [0.1, 0.15) is 5.82 Å². The van der Waals surface area contributed by atoms with Crippen molar-refractivity contribution in [3.8, 4) is 5.82 Å². The fraction of sp³-hybridized carbons (Fsp3) is 0.350. The number of rotatable bonds is 5. The number of aryl methyl sites for hydroxylation is 3. The summed E-state index contributed by atoms with van der Waals surface area (Å²) in [6, 6.07) is 9.91. The predicted molar refractivity (Wildman–Crippen MR) is 103 cm³/mol. The molecule has 0 spiro atoms.